The molecule has 1 heterocycles. The number of rotatable bonds is 6. The van der Waals surface area contributed by atoms with Crippen molar-refractivity contribution in [3.63, 3.8) is 0 Å². The lowest BCUT2D eigenvalue weighted by Gasteiger charge is -2.13. The molecule has 0 aliphatic rings. The summed E-state index contributed by atoms with van der Waals surface area (Å²) >= 11 is 0. The number of nitrogens with zero attached hydrogens (tertiary/aromatic N) is 3. The predicted octanol–water partition coefficient (Wildman–Crippen LogP) is 13.3. The summed E-state index contributed by atoms with van der Waals surface area (Å²) in [6.07, 6.45) is 0. The molecule has 0 bridgehead atoms. The van der Waals surface area contributed by atoms with Crippen molar-refractivity contribution in [2.75, 3.05) is 0 Å². The smallest absolute Gasteiger partial charge is 0.164 e. The first-order valence-electron chi connectivity index (χ1n) is 18.3. The van der Waals surface area contributed by atoms with Crippen LogP contribution in [0.4, 0.5) is 0 Å². The Balaban J connectivity index is 1.15. The van der Waals surface area contributed by atoms with E-state index < -0.39 is 0 Å². The van der Waals surface area contributed by atoms with Crippen molar-refractivity contribution in [1.29, 1.82) is 0 Å². The zero-order chi connectivity index (χ0) is 35.8. The molecule has 0 saturated carbocycles. The monoisotopic (exact) mass is 687 g/mol. The van der Waals surface area contributed by atoms with Gasteiger partial charge in [0.05, 0.1) is 0 Å². The highest BCUT2D eigenvalue weighted by Gasteiger charge is 2.16. The Hall–Kier alpha value is -7.23. The summed E-state index contributed by atoms with van der Waals surface area (Å²) in [5.41, 5.74) is 9.87. The quantitative estimate of drug-likeness (QED) is 0.175. The minimum Gasteiger partial charge on any atom is -0.208 e. The normalized spacial score (nSPS) is 11.3. The maximum absolute atomic E-state index is 5.21. The third-order valence-electron chi connectivity index (χ3n) is 10.3. The van der Waals surface area contributed by atoms with E-state index in [0.717, 1.165) is 44.0 Å². The standard InChI is InChI=1S/C51H33N3/c1-4-12-34(13-5-1)38-23-24-41-29-43(27-25-40(41)28-38)49-52-50(44-26-21-36-20-22-39(30-45(36)32-44)35-14-6-2-7-15-35)54-51(53-49)46-31-42-18-10-11-19-47(42)48(33-46)37-16-8-3-9-17-37/h1-33H. The van der Waals surface area contributed by atoms with Crippen molar-refractivity contribution >= 4 is 32.3 Å². The molecule has 0 radical (unpaired) electrons. The number of aromatic nitrogens is 3. The first kappa shape index (κ1) is 31.5. The lowest BCUT2D eigenvalue weighted by atomic mass is 9.95. The summed E-state index contributed by atoms with van der Waals surface area (Å²) in [5, 5.41) is 6.92. The van der Waals surface area contributed by atoms with E-state index in [1.807, 2.05) is 6.07 Å². The number of fused-ring (bicyclic) bond motifs is 3. The molecule has 0 spiro atoms. The number of benzene rings is 9. The largest absolute Gasteiger partial charge is 0.208 e. The Labute approximate surface area is 313 Å². The molecule has 0 amide bonds. The van der Waals surface area contributed by atoms with Gasteiger partial charge in [-0.25, -0.2) is 15.0 Å². The van der Waals surface area contributed by atoms with Gasteiger partial charge < -0.3 is 0 Å². The molecule has 0 saturated heterocycles. The van der Waals surface area contributed by atoms with Gasteiger partial charge >= 0.3 is 0 Å². The van der Waals surface area contributed by atoms with Crippen LogP contribution in [-0.4, -0.2) is 15.0 Å². The topological polar surface area (TPSA) is 38.7 Å². The maximum Gasteiger partial charge on any atom is 0.164 e. The van der Waals surface area contributed by atoms with E-state index >= 15 is 0 Å². The van der Waals surface area contributed by atoms with E-state index in [4.69, 9.17) is 15.0 Å². The van der Waals surface area contributed by atoms with E-state index in [9.17, 15) is 0 Å². The second kappa shape index (κ2) is 13.4. The Morgan fingerprint density at radius 1 is 0.222 bits per heavy atom. The second-order valence-electron chi connectivity index (χ2n) is 13.7. The van der Waals surface area contributed by atoms with Gasteiger partial charge in [-0.1, -0.05) is 164 Å². The molecular weight excluding hydrogens is 655 g/mol. The second-order valence-corrected chi connectivity index (χ2v) is 13.7. The van der Waals surface area contributed by atoms with E-state index in [2.05, 4.69) is 194 Å². The minimum absolute atomic E-state index is 0.635. The highest BCUT2D eigenvalue weighted by molar-refractivity contribution is 6.00. The molecule has 0 fully saturated rings. The van der Waals surface area contributed by atoms with Gasteiger partial charge in [0.15, 0.2) is 17.5 Å². The van der Waals surface area contributed by atoms with E-state index in [1.54, 1.807) is 0 Å². The van der Waals surface area contributed by atoms with Crippen LogP contribution >= 0.6 is 0 Å². The summed E-state index contributed by atoms with van der Waals surface area (Å²) in [6, 6.07) is 70.7. The predicted molar refractivity (Wildman–Crippen MR) is 225 cm³/mol. The van der Waals surface area contributed by atoms with Crippen molar-refractivity contribution in [2.45, 2.75) is 0 Å². The average Bonchev–Trinajstić information content (AvgIpc) is 3.26. The highest BCUT2D eigenvalue weighted by atomic mass is 15.0. The van der Waals surface area contributed by atoms with Crippen LogP contribution in [0.1, 0.15) is 0 Å². The Morgan fingerprint density at radius 3 is 1.22 bits per heavy atom. The van der Waals surface area contributed by atoms with Gasteiger partial charge in [-0.3, -0.25) is 0 Å². The van der Waals surface area contributed by atoms with Crippen molar-refractivity contribution in [1.82, 2.24) is 15.0 Å². The molecular formula is C51H33N3. The van der Waals surface area contributed by atoms with E-state index in [-0.39, 0.29) is 0 Å². The van der Waals surface area contributed by atoms with Crippen LogP contribution in [0.15, 0.2) is 200 Å². The van der Waals surface area contributed by atoms with Gasteiger partial charge in [0.1, 0.15) is 0 Å². The molecule has 54 heavy (non-hydrogen) atoms. The van der Waals surface area contributed by atoms with Crippen molar-refractivity contribution < 1.29 is 0 Å². The zero-order valence-electron chi connectivity index (χ0n) is 29.4. The van der Waals surface area contributed by atoms with Crippen LogP contribution in [0.2, 0.25) is 0 Å². The molecule has 0 N–H and O–H groups in total. The van der Waals surface area contributed by atoms with Gasteiger partial charge in [0.2, 0.25) is 0 Å². The van der Waals surface area contributed by atoms with Crippen LogP contribution < -0.4 is 0 Å². The number of hydrogen-bond acceptors (Lipinski definition) is 3. The molecule has 3 nitrogen and oxygen atoms in total. The van der Waals surface area contributed by atoms with Crippen LogP contribution in [-0.2, 0) is 0 Å². The lowest BCUT2D eigenvalue weighted by Crippen LogP contribution is -2.00. The summed E-state index contributed by atoms with van der Waals surface area (Å²) in [5.74, 6) is 1.91. The summed E-state index contributed by atoms with van der Waals surface area (Å²) < 4.78 is 0. The molecule has 10 rings (SSSR count). The zero-order valence-corrected chi connectivity index (χ0v) is 29.4. The fourth-order valence-electron chi connectivity index (χ4n) is 7.45. The maximum atomic E-state index is 5.21. The third-order valence-corrected chi connectivity index (χ3v) is 10.3. The van der Waals surface area contributed by atoms with Crippen molar-refractivity contribution in [3.05, 3.63) is 200 Å². The van der Waals surface area contributed by atoms with E-state index in [0.29, 0.717) is 17.5 Å². The molecule has 0 aliphatic carbocycles. The average molecular weight is 688 g/mol. The molecule has 3 heteroatoms. The lowest BCUT2D eigenvalue weighted by molar-refractivity contribution is 1.08. The fourth-order valence-corrected chi connectivity index (χ4v) is 7.45. The highest BCUT2D eigenvalue weighted by Crippen LogP contribution is 2.36. The summed E-state index contributed by atoms with van der Waals surface area (Å²) in [4.78, 5) is 15.6. The number of hydrogen-bond donors (Lipinski definition) is 0. The van der Waals surface area contributed by atoms with E-state index in [1.165, 1.54) is 38.4 Å². The third kappa shape index (κ3) is 5.98. The first-order chi connectivity index (χ1) is 26.7. The molecule has 1 aromatic heterocycles. The van der Waals surface area contributed by atoms with Gasteiger partial charge in [-0.2, -0.15) is 0 Å². The summed E-state index contributed by atoms with van der Waals surface area (Å²) in [7, 11) is 0. The van der Waals surface area contributed by atoms with Gasteiger partial charge in [0.25, 0.3) is 0 Å². The van der Waals surface area contributed by atoms with Gasteiger partial charge in [-0.15, -0.1) is 0 Å². The van der Waals surface area contributed by atoms with Crippen molar-refractivity contribution in [2.24, 2.45) is 0 Å². The Bertz CT molecular complexity index is 2970. The molecule has 0 atom stereocenters. The fraction of sp³-hybridized carbons (Fsp3) is 0. The van der Waals surface area contributed by atoms with Crippen LogP contribution in [0, 0.1) is 0 Å². The van der Waals surface area contributed by atoms with Crippen LogP contribution in [0.3, 0.4) is 0 Å². The molecule has 0 unspecified atom stereocenters. The molecule has 10 aromatic rings. The Kier molecular flexibility index (Phi) is 7.81. The van der Waals surface area contributed by atoms with Gasteiger partial charge in [-0.05, 0) is 102 Å². The van der Waals surface area contributed by atoms with Crippen LogP contribution in [0.25, 0.3) is 99.9 Å². The minimum atomic E-state index is 0.635. The SMILES string of the molecule is c1ccc(-c2ccc3cc(-c4nc(-c5ccc6ccc(-c7ccccc7)cc6c5)nc(-c5cc(-c6ccccc6)c6ccccc6c5)n4)ccc3c2)cc1. The Morgan fingerprint density at radius 2 is 0.630 bits per heavy atom. The van der Waals surface area contributed by atoms with Crippen molar-refractivity contribution in [3.8, 4) is 67.5 Å². The molecule has 252 valence electrons. The molecule has 9 aromatic carbocycles. The summed E-state index contributed by atoms with van der Waals surface area (Å²) in [6.45, 7) is 0. The van der Waals surface area contributed by atoms with Crippen LogP contribution in [0.5, 0.6) is 0 Å². The van der Waals surface area contributed by atoms with Gasteiger partial charge in [0, 0.05) is 16.7 Å². The molecule has 0 aliphatic heterocycles. The first-order valence-corrected chi connectivity index (χ1v) is 18.3.